The molecule has 5 nitrogen and oxygen atoms in total. The molecular weight excluding hydrogens is 369 g/mol. The highest BCUT2D eigenvalue weighted by Gasteiger charge is 2.20. The third-order valence-electron chi connectivity index (χ3n) is 2.56. The van der Waals surface area contributed by atoms with Crippen molar-refractivity contribution in [1.82, 2.24) is 0 Å². The minimum absolute atomic E-state index is 0.243. The highest BCUT2D eigenvalue weighted by atomic mass is 79.9. The lowest BCUT2D eigenvalue weighted by Crippen LogP contribution is -1.96. The predicted octanol–water partition coefficient (Wildman–Crippen LogP) is 4.95. The Labute approximate surface area is 132 Å². The number of benzene rings is 2. The largest absolute Gasteiger partial charge is 0.497 e. The number of rotatable bonds is 4. The monoisotopic (exact) mass is 375 g/mol. The van der Waals surface area contributed by atoms with Crippen LogP contribution in [-0.2, 0) is 0 Å². The SMILES string of the molecule is COc1ccc(Oc2cc(F)c(Cl)cc2[N+](=O)[O-])c(Br)c1. The van der Waals surface area contributed by atoms with Crippen LogP contribution in [0.15, 0.2) is 34.8 Å². The van der Waals surface area contributed by atoms with Gasteiger partial charge in [0, 0.05) is 12.1 Å². The van der Waals surface area contributed by atoms with Crippen molar-refractivity contribution in [3.8, 4) is 17.2 Å². The fraction of sp³-hybridized carbons (Fsp3) is 0.0769. The van der Waals surface area contributed by atoms with Gasteiger partial charge < -0.3 is 9.47 Å². The molecular formula is C13H8BrClFNO4. The molecule has 0 aliphatic heterocycles. The molecule has 0 radical (unpaired) electrons. The number of nitro groups is 1. The average Bonchev–Trinajstić information content (AvgIpc) is 2.44. The molecule has 0 atom stereocenters. The number of nitrogens with zero attached hydrogens (tertiary/aromatic N) is 1. The molecule has 0 unspecified atom stereocenters. The van der Waals surface area contributed by atoms with Crippen LogP contribution in [-0.4, -0.2) is 12.0 Å². The number of ether oxygens (including phenoxy) is 2. The second-order valence-corrected chi connectivity index (χ2v) is 5.15. The summed E-state index contributed by atoms with van der Waals surface area (Å²) >= 11 is 8.79. The van der Waals surface area contributed by atoms with E-state index < -0.39 is 16.4 Å². The zero-order valence-electron chi connectivity index (χ0n) is 10.6. The van der Waals surface area contributed by atoms with E-state index in [2.05, 4.69) is 15.9 Å². The highest BCUT2D eigenvalue weighted by Crippen LogP contribution is 2.38. The minimum Gasteiger partial charge on any atom is -0.497 e. The first-order chi connectivity index (χ1) is 9.92. The Kier molecular flexibility index (Phi) is 4.64. The summed E-state index contributed by atoms with van der Waals surface area (Å²) in [7, 11) is 1.50. The molecule has 0 fully saturated rings. The lowest BCUT2D eigenvalue weighted by molar-refractivity contribution is -0.385. The predicted molar refractivity (Wildman–Crippen MR) is 78.8 cm³/mol. The van der Waals surface area contributed by atoms with Crippen molar-refractivity contribution >= 4 is 33.2 Å². The van der Waals surface area contributed by atoms with Crippen molar-refractivity contribution in [3.05, 3.63) is 55.8 Å². The molecule has 0 N–H and O–H groups in total. The minimum atomic E-state index is -0.804. The molecule has 2 aromatic carbocycles. The number of halogens is 3. The summed E-state index contributed by atoms with van der Waals surface area (Å²) in [5.74, 6) is -0.193. The van der Waals surface area contributed by atoms with Crippen LogP contribution in [0.25, 0.3) is 0 Å². The number of nitro benzene ring substituents is 1. The van der Waals surface area contributed by atoms with Gasteiger partial charge in [-0.3, -0.25) is 10.1 Å². The van der Waals surface area contributed by atoms with Crippen LogP contribution in [0.2, 0.25) is 5.02 Å². The van der Waals surface area contributed by atoms with Crippen molar-refractivity contribution in [3.63, 3.8) is 0 Å². The topological polar surface area (TPSA) is 61.6 Å². The molecule has 0 aliphatic carbocycles. The summed E-state index contributed by atoms with van der Waals surface area (Å²) < 4.78 is 24.4. The summed E-state index contributed by atoms with van der Waals surface area (Å²) in [5, 5.41) is 10.6. The molecule has 0 spiro atoms. The standard InChI is InChI=1S/C13H8BrClFNO4/c1-20-7-2-3-12(8(14)4-7)21-13-6-10(16)9(15)5-11(13)17(18)19/h2-6H,1H3. The fourth-order valence-corrected chi connectivity index (χ4v) is 2.15. The lowest BCUT2D eigenvalue weighted by atomic mass is 10.2. The maximum absolute atomic E-state index is 13.5. The molecule has 0 heterocycles. The van der Waals surface area contributed by atoms with E-state index in [1.807, 2.05) is 0 Å². The molecule has 2 aromatic rings. The Balaban J connectivity index is 2.43. The van der Waals surface area contributed by atoms with E-state index in [-0.39, 0.29) is 16.5 Å². The van der Waals surface area contributed by atoms with Gasteiger partial charge in [-0.15, -0.1) is 0 Å². The van der Waals surface area contributed by atoms with Gasteiger partial charge in [0.2, 0.25) is 5.75 Å². The molecule has 0 saturated heterocycles. The van der Waals surface area contributed by atoms with E-state index in [4.69, 9.17) is 21.1 Å². The second kappa shape index (κ2) is 6.28. The zero-order chi connectivity index (χ0) is 15.6. The Morgan fingerprint density at radius 1 is 1.29 bits per heavy atom. The summed E-state index contributed by atoms with van der Waals surface area (Å²) in [6.45, 7) is 0. The van der Waals surface area contributed by atoms with Crippen molar-refractivity contribution in [2.75, 3.05) is 7.11 Å². The van der Waals surface area contributed by atoms with Gasteiger partial charge in [0.25, 0.3) is 0 Å². The third kappa shape index (κ3) is 3.43. The molecule has 110 valence electrons. The van der Waals surface area contributed by atoms with Crippen LogP contribution in [0.1, 0.15) is 0 Å². The van der Waals surface area contributed by atoms with Gasteiger partial charge in [0.05, 0.1) is 21.5 Å². The second-order valence-electron chi connectivity index (χ2n) is 3.89. The Morgan fingerprint density at radius 3 is 2.57 bits per heavy atom. The molecule has 0 amide bonds. The summed E-state index contributed by atoms with van der Waals surface area (Å²) in [6.07, 6.45) is 0. The zero-order valence-corrected chi connectivity index (χ0v) is 12.9. The van der Waals surface area contributed by atoms with Gasteiger partial charge in [-0.05, 0) is 34.1 Å². The number of hydrogen-bond acceptors (Lipinski definition) is 4. The molecule has 0 aliphatic rings. The highest BCUT2D eigenvalue weighted by molar-refractivity contribution is 9.10. The van der Waals surface area contributed by atoms with Gasteiger partial charge in [-0.25, -0.2) is 4.39 Å². The summed E-state index contributed by atoms with van der Waals surface area (Å²) in [6, 6.07) is 6.55. The molecule has 0 saturated carbocycles. The third-order valence-corrected chi connectivity index (χ3v) is 3.47. The first-order valence-corrected chi connectivity index (χ1v) is 6.74. The number of methoxy groups -OCH3 is 1. The molecule has 0 aromatic heterocycles. The van der Waals surface area contributed by atoms with Crippen molar-refractivity contribution in [2.24, 2.45) is 0 Å². The Bertz CT molecular complexity index is 711. The smallest absolute Gasteiger partial charge is 0.313 e. The molecule has 21 heavy (non-hydrogen) atoms. The lowest BCUT2D eigenvalue weighted by Gasteiger charge is -2.10. The average molecular weight is 377 g/mol. The van der Waals surface area contributed by atoms with Crippen LogP contribution >= 0.6 is 27.5 Å². The van der Waals surface area contributed by atoms with Crippen LogP contribution < -0.4 is 9.47 Å². The summed E-state index contributed by atoms with van der Waals surface area (Å²) in [4.78, 5) is 10.3. The molecule has 0 bridgehead atoms. The van der Waals surface area contributed by atoms with Gasteiger partial charge in [-0.2, -0.15) is 0 Å². The van der Waals surface area contributed by atoms with Gasteiger partial charge in [-0.1, -0.05) is 11.6 Å². The first-order valence-electron chi connectivity index (χ1n) is 5.57. The summed E-state index contributed by atoms with van der Waals surface area (Å²) in [5.41, 5.74) is -0.427. The van der Waals surface area contributed by atoms with E-state index in [0.717, 1.165) is 12.1 Å². The molecule has 8 heteroatoms. The fourth-order valence-electron chi connectivity index (χ4n) is 1.55. The molecule has 2 rings (SSSR count). The van der Waals surface area contributed by atoms with Crippen molar-refractivity contribution in [1.29, 1.82) is 0 Å². The van der Waals surface area contributed by atoms with Crippen LogP contribution in [0, 0.1) is 15.9 Å². The maximum atomic E-state index is 13.5. The van der Waals surface area contributed by atoms with E-state index in [9.17, 15) is 14.5 Å². The van der Waals surface area contributed by atoms with E-state index in [1.54, 1.807) is 18.2 Å². The van der Waals surface area contributed by atoms with Crippen molar-refractivity contribution < 1.29 is 18.8 Å². The van der Waals surface area contributed by atoms with Gasteiger partial charge >= 0.3 is 5.69 Å². The van der Waals surface area contributed by atoms with Gasteiger partial charge in [0.15, 0.2) is 0 Å². The van der Waals surface area contributed by atoms with Gasteiger partial charge in [0.1, 0.15) is 17.3 Å². The first kappa shape index (κ1) is 15.5. The Hall–Kier alpha value is -1.86. The quantitative estimate of drug-likeness (QED) is 0.559. The van der Waals surface area contributed by atoms with Crippen LogP contribution in [0.5, 0.6) is 17.2 Å². The van der Waals surface area contributed by atoms with E-state index >= 15 is 0 Å². The normalized spacial score (nSPS) is 10.3. The van der Waals surface area contributed by atoms with Crippen molar-refractivity contribution in [2.45, 2.75) is 0 Å². The van der Waals surface area contributed by atoms with Crippen LogP contribution in [0.4, 0.5) is 10.1 Å². The van der Waals surface area contributed by atoms with E-state index in [0.29, 0.717) is 10.2 Å². The maximum Gasteiger partial charge on any atom is 0.313 e. The van der Waals surface area contributed by atoms with E-state index in [1.165, 1.54) is 7.11 Å². The van der Waals surface area contributed by atoms with Crippen LogP contribution in [0.3, 0.4) is 0 Å². The Morgan fingerprint density at radius 2 is 2.00 bits per heavy atom. The number of hydrogen-bond donors (Lipinski definition) is 0.